The molecule has 13 heteroatoms. The van der Waals surface area contributed by atoms with Crippen LogP contribution in [-0.2, 0) is 25.6 Å². The summed E-state index contributed by atoms with van der Waals surface area (Å²) in [5.41, 5.74) is 6.51. The highest BCUT2D eigenvalue weighted by Gasteiger charge is 2.28. The number of nitrogens with one attached hydrogen (secondary N) is 4. The lowest BCUT2D eigenvalue weighted by Gasteiger charge is -2.23. The summed E-state index contributed by atoms with van der Waals surface area (Å²) in [4.78, 5) is 55.8. The van der Waals surface area contributed by atoms with E-state index in [4.69, 9.17) is 5.73 Å². The summed E-state index contributed by atoms with van der Waals surface area (Å²) < 4.78 is 0. The van der Waals surface area contributed by atoms with Crippen LogP contribution in [0.4, 0.5) is 0 Å². The van der Waals surface area contributed by atoms with Crippen LogP contribution in [0.5, 0.6) is 0 Å². The SMILES string of the molecule is CSCCC(N)C(=O)NC(Cc1cnc[nH]1)C(=O)NC(C)C(=O)NC(CCSC)C(=O)O. The molecule has 4 atom stereocenters. The van der Waals surface area contributed by atoms with E-state index < -0.39 is 47.9 Å². The molecule has 0 aromatic carbocycles. The highest BCUT2D eigenvalue weighted by Crippen LogP contribution is 2.04. The van der Waals surface area contributed by atoms with Crippen molar-refractivity contribution in [2.75, 3.05) is 24.0 Å². The first kappa shape index (κ1) is 27.8. The molecule has 180 valence electrons. The summed E-state index contributed by atoms with van der Waals surface area (Å²) >= 11 is 3.03. The Labute approximate surface area is 195 Å². The molecule has 3 amide bonds. The molecule has 1 aromatic rings. The summed E-state index contributed by atoms with van der Waals surface area (Å²) in [5, 5.41) is 16.9. The largest absolute Gasteiger partial charge is 0.480 e. The number of amides is 3. The van der Waals surface area contributed by atoms with Gasteiger partial charge in [0.15, 0.2) is 0 Å². The van der Waals surface area contributed by atoms with Gasteiger partial charge in [-0.25, -0.2) is 9.78 Å². The number of aromatic amines is 1. The van der Waals surface area contributed by atoms with Crippen molar-refractivity contribution >= 4 is 47.2 Å². The van der Waals surface area contributed by atoms with Gasteiger partial charge < -0.3 is 31.8 Å². The smallest absolute Gasteiger partial charge is 0.326 e. The maximum absolute atomic E-state index is 12.8. The number of imidazole rings is 1. The average molecular weight is 489 g/mol. The third-order valence-electron chi connectivity index (χ3n) is 4.56. The van der Waals surface area contributed by atoms with E-state index in [-0.39, 0.29) is 12.8 Å². The van der Waals surface area contributed by atoms with Gasteiger partial charge in [-0.15, -0.1) is 0 Å². The van der Waals surface area contributed by atoms with E-state index in [1.54, 1.807) is 11.8 Å². The van der Waals surface area contributed by atoms with Crippen molar-refractivity contribution in [3.05, 3.63) is 18.2 Å². The van der Waals surface area contributed by atoms with Crippen LogP contribution in [0.1, 0.15) is 25.5 Å². The Balaban J connectivity index is 2.79. The van der Waals surface area contributed by atoms with Gasteiger partial charge >= 0.3 is 5.97 Å². The number of H-pyrrole nitrogens is 1. The van der Waals surface area contributed by atoms with Gasteiger partial charge in [-0.2, -0.15) is 23.5 Å². The summed E-state index contributed by atoms with van der Waals surface area (Å²) in [5.74, 6) is -1.58. The zero-order chi connectivity index (χ0) is 24.1. The quantitative estimate of drug-likeness (QED) is 0.187. The van der Waals surface area contributed by atoms with Gasteiger partial charge in [-0.3, -0.25) is 14.4 Å². The van der Waals surface area contributed by atoms with Crippen molar-refractivity contribution < 1.29 is 24.3 Å². The lowest BCUT2D eigenvalue weighted by molar-refractivity contribution is -0.142. The molecule has 4 unspecified atom stereocenters. The Bertz CT molecular complexity index is 749. The highest BCUT2D eigenvalue weighted by atomic mass is 32.2. The van der Waals surface area contributed by atoms with E-state index in [0.717, 1.165) is 0 Å². The first-order chi connectivity index (χ1) is 15.2. The minimum atomic E-state index is -1.14. The highest BCUT2D eigenvalue weighted by molar-refractivity contribution is 7.98. The Morgan fingerprint density at radius 3 is 2.22 bits per heavy atom. The van der Waals surface area contributed by atoms with E-state index >= 15 is 0 Å². The maximum atomic E-state index is 12.8. The molecule has 0 spiro atoms. The molecule has 0 saturated heterocycles. The molecule has 0 saturated carbocycles. The van der Waals surface area contributed by atoms with Gasteiger partial charge in [-0.05, 0) is 43.8 Å². The molecule has 11 nitrogen and oxygen atoms in total. The van der Waals surface area contributed by atoms with Gasteiger partial charge in [0.2, 0.25) is 17.7 Å². The summed E-state index contributed by atoms with van der Waals surface area (Å²) in [6, 6.07) is -3.83. The minimum Gasteiger partial charge on any atom is -0.480 e. The number of carbonyl (C=O) groups excluding carboxylic acids is 3. The summed E-state index contributed by atoms with van der Waals surface area (Å²) in [6.07, 6.45) is 7.55. The number of aliphatic carboxylic acids is 1. The van der Waals surface area contributed by atoms with Crippen molar-refractivity contribution in [3.8, 4) is 0 Å². The predicted molar refractivity (Wildman–Crippen MR) is 125 cm³/mol. The average Bonchev–Trinajstić information content (AvgIpc) is 3.26. The standard InChI is InChI=1S/C19H32N6O5S2/c1-11(16(26)24-14(19(29)30)5-7-32-3)23-18(28)15(8-12-9-21-10-22-12)25-17(27)13(20)4-6-31-2/h9-11,13-15H,4-8,20H2,1-3H3,(H,21,22)(H,23,28)(H,24,26)(H,25,27)(H,29,30). The molecule has 32 heavy (non-hydrogen) atoms. The zero-order valence-corrected chi connectivity index (χ0v) is 20.1. The number of thioether (sulfide) groups is 2. The van der Waals surface area contributed by atoms with Gasteiger partial charge in [0.1, 0.15) is 18.1 Å². The molecule has 0 fully saturated rings. The maximum Gasteiger partial charge on any atom is 0.326 e. The molecule has 1 aromatic heterocycles. The molecule has 0 aliphatic carbocycles. The predicted octanol–water partition coefficient (Wildman–Crippen LogP) is -0.655. The van der Waals surface area contributed by atoms with Gasteiger partial charge in [0.05, 0.1) is 12.4 Å². The number of carboxylic acid groups (broad SMARTS) is 1. The van der Waals surface area contributed by atoms with Crippen LogP contribution in [0.15, 0.2) is 12.5 Å². The van der Waals surface area contributed by atoms with Crippen molar-refractivity contribution in [1.29, 1.82) is 0 Å². The van der Waals surface area contributed by atoms with Crippen LogP contribution in [0.2, 0.25) is 0 Å². The van der Waals surface area contributed by atoms with Gasteiger partial charge in [0, 0.05) is 18.3 Å². The first-order valence-corrected chi connectivity index (χ1v) is 12.8. The van der Waals surface area contributed by atoms with Gasteiger partial charge in [-0.1, -0.05) is 0 Å². The van der Waals surface area contributed by atoms with E-state index in [2.05, 4.69) is 25.9 Å². The van der Waals surface area contributed by atoms with Crippen LogP contribution in [0.3, 0.4) is 0 Å². The Kier molecular flexibility index (Phi) is 12.8. The number of carbonyl (C=O) groups is 4. The number of nitrogens with two attached hydrogens (primary N) is 1. The molecule has 0 aliphatic heterocycles. The van der Waals surface area contributed by atoms with Gasteiger partial charge in [0.25, 0.3) is 0 Å². The molecular weight excluding hydrogens is 456 g/mol. The molecule has 1 rings (SSSR count). The van der Waals surface area contributed by atoms with E-state index in [1.165, 1.54) is 31.2 Å². The van der Waals surface area contributed by atoms with Crippen molar-refractivity contribution in [1.82, 2.24) is 25.9 Å². The minimum absolute atomic E-state index is 0.118. The van der Waals surface area contributed by atoms with E-state index in [1.807, 2.05) is 12.5 Å². The van der Waals surface area contributed by atoms with Crippen LogP contribution < -0.4 is 21.7 Å². The Morgan fingerprint density at radius 2 is 1.66 bits per heavy atom. The summed E-state index contributed by atoms with van der Waals surface area (Å²) in [7, 11) is 0. The van der Waals surface area contributed by atoms with E-state index in [9.17, 15) is 24.3 Å². The fraction of sp³-hybridized carbons (Fsp3) is 0.632. The van der Waals surface area contributed by atoms with Crippen molar-refractivity contribution in [2.24, 2.45) is 5.73 Å². The number of aromatic nitrogens is 2. The zero-order valence-electron chi connectivity index (χ0n) is 18.4. The first-order valence-electron chi connectivity index (χ1n) is 10.0. The third-order valence-corrected chi connectivity index (χ3v) is 5.85. The molecule has 1 heterocycles. The topological polar surface area (TPSA) is 179 Å². The third kappa shape index (κ3) is 9.92. The van der Waals surface area contributed by atoms with Crippen LogP contribution in [0, 0.1) is 0 Å². The van der Waals surface area contributed by atoms with Crippen LogP contribution in [0.25, 0.3) is 0 Å². The fourth-order valence-electron chi connectivity index (χ4n) is 2.65. The molecular formula is C19H32N6O5S2. The number of hydrogen-bond acceptors (Lipinski definition) is 8. The lowest BCUT2D eigenvalue weighted by Crippen LogP contribution is -2.57. The number of hydrogen-bond donors (Lipinski definition) is 6. The molecule has 0 radical (unpaired) electrons. The van der Waals surface area contributed by atoms with Crippen LogP contribution in [-0.4, -0.2) is 86.9 Å². The normalized spacial score (nSPS) is 14.6. The second-order valence-electron chi connectivity index (χ2n) is 7.14. The van der Waals surface area contributed by atoms with E-state index in [0.29, 0.717) is 23.6 Å². The monoisotopic (exact) mass is 488 g/mol. The number of nitrogens with zero attached hydrogens (tertiary/aromatic N) is 1. The lowest BCUT2D eigenvalue weighted by atomic mass is 10.1. The van der Waals surface area contributed by atoms with Crippen molar-refractivity contribution in [2.45, 2.75) is 50.4 Å². The second-order valence-corrected chi connectivity index (χ2v) is 9.11. The number of rotatable bonds is 15. The number of carboxylic acids is 1. The Morgan fingerprint density at radius 1 is 1.03 bits per heavy atom. The second kappa shape index (κ2) is 14.7. The molecule has 0 bridgehead atoms. The summed E-state index contributed by atoms with van der Waals surface area (Å²) in [6.45, 7) is 1.44. The Hall–Kier alpha value is -2.25. The fourth-order valence-corrected chi connectivity index (χ4v) is 3.61. The van der Waals surface area contributed by atoms with Crippen LogP contribution >= 0.6 is 23.5 Å². The van der Waals surface area contributed by atoms with Crippen molar-refractivity contribution in [3.63, 3.8) is 0 Å². The molecule has 7 N–H and O–H groups in total. The molecule has 0 aliphatic rings.